The summed E-state index contributed by atoms with van der Waals surface area (Å²) >= 11 is 0. The first kappa shape index (κ1) is 23.8. The minimum atomic E-state index is -4.44. The van der Waals surface area contributed by atoms with Crippen molar-refractivity contribution in [1.82, 2.24) is 24.3 Å². The molecular weight excluding hydrogens is 467 g/mol. The quantitative estimate of drug-likeness (QED) is 0.339. The minimum absolute atomic E-state index is 0.233. The van der Waals surface area contributed by atoms with E-state index in [0.717, 1.165) is 23.0 Å². The molecule has 1 atom stereocenters. The number of nitrogens with zero attached hydrogens (tertiary/aromatic N) is 5. The maximum absolute atomic E-state index is 13.8. The number of alkyl halides is 3. The van der Waals surface area contributed by atoms with Crippen LogP contribution in [-0.4, -0.2) is 31.4 Å². The average Bonchev–Trinajstić information content (AvgIpc) is 3.49. The Labute approximate surface area is 207 Å². The number of hydrogen-bond donors (Lipinski definition) is 0. The first-order valence-electron chi connectivity index (χ1n) is 11.7. The molecule has 2 aromatic carbocycles. The van der Waals surface area contributed by atoms with E-state index in [1.54, 1.807) is 36.3 Å². The SMILES string of the molecule is COc1cc(/C=C/c2nc3n(n2)CCCC3(C)c2ccccc2C(F)(F)F)ccc1-n1cnc(C)c1. The van der Waals surface area contributed by atoms with Gasteiger partial charge in [0.1, 0.15) is 11.6 Å². The van der Waals surface area contributed by atoms with Crippen molar-refractivity contribution >= 4 is 12.2 Å². The lowest BCUT2D eigenvalue weighted by molar-refractivity contribution is -0.138. The van der Waals surface area contributed by atoms with Crippen LogP contribution in [0.1, 0.15) is 53.8 Å². The van der Waals surface area contributed by atoms with E-state index >= 15 is 0 Å². The fourth-order valence-corrected chi connectivity index (χ4v) is 4.89. The van der Waals surface area contributed by atoms with E-state index < -0.39 is 17.2 Å². The normalized spacial score (nSPS) is 17.9. The smallest absolute Gasteiger partial charge is 0.416 e. The van der Waals surface area contributed by atoms with E-state index in [0.29, 0.717) is 36.8 Å². The van der Waals surface area contributed by atoms with Gasteiger partial charge in [-0.3, -0.25) is 0 Å². The maximum Gasteiger partial charge on any atom is 0.416 e. The fourth-order valence-electron chi connectivity index (χ4n) is 4.89. The van der Waals surface area contributed by atoms with Crippen molar-refractivity contribution in [3.63, 3.8) is 0 Å². The highest BCUT2D eigenvalue weighted by Crippen LogP contribution is 2.44. The molecule has 36 heavy (non-hydrogen) atoms. The second kappa shape index (κ2) is 8.96. The second-order valence-corrected chi connectivity index (χ2v) is 9.18. The molecule has 4 aromatic rings. The van der Waals surface area contributed by atoms with Gasteiger partial charge in [-0.1, -0.05) is 30.3 Å². The molecule has 5 rings (SSSR count). The number of aryl methyl sites for hydroxylation is 2. The number of halogens is 3. The Morgan fingerprint density at radius 2 is 1.92 bits per heavy atom. The number of imidazole rings is 1. The highest BCUT2D eigenvalue weighted by atomic mass is 19.4. The number of methoxy groups -OCH3 is 1. The monoisotopic (exact) mass is 493 g/mol. The van der Waals surface area contributed by atoms with E-state index in [1.165, 1.54) is 6.07 Å². The Morgan fingerprint density at radius 3 is 2.64 bits per heavy atom. The van der Waals surface area contributed by atoms with Gasteiger partial charge < -0.3 is 9.30 Å². The number of hydrogen-bond acceptors (Lipinski definition) is 4. The first-order valence-corrected chi connectivity index (χ1v) is 11.7. The number of fused-ring (bicyclic) bond motifs is 1. The molecular formula is C27H26F3N5O. The predicted molar refractivity (Wildman–Crippen MR) is 131 cm³/mol. The van der Waals surface area contributed by atoms with Crippen molar-refractivity contribution in [3.05, 3.63) is 89.0 Å². The van der Waals surface area contributed by atoms with Gasteiger partial charge in [-0.25, -0.2) is 14.6 Å². The molecule has 1 aliphatic rings. The molecule has 1 unspecified atom stereocenters. The van der Waals surface area contributed by atoms with E-state index in [1.807, 2.05) is 48.9 Å². The zero-order valence-electron chi connectivity index (χ0n) is 20.3. The van der Waals surface area contributed by atoms with Gasteiger partial charge in [0, 0.05) is 12.7 Å². The van der Waals surface area contributed by atoms with Gasteiger partial charge in [-0.2, -0.15) is 18.3 Å². The molecule has 2 aromatic heterocycles. The summed E-state index contributed by atoms with van der Waals surface area (Å²) in [5, 5.41) is 4.58. The van der Waals surface area contributed by atoms with Crippen LogP contribution in [-0.2, 0) is 18.1 Å². The van der Waals surface area contributed by atoms with Crippen molar-refractivity contribution in [1.29, 1.82) is 0 Å². The molecule has 0 radical (unpaired) electrons. The molecule has 0 N–H and O–H groups in total. The molecule has 186 valence electrons. The Bertz CT molecular complexity index is 1440. The van der Waals surface area contributed by atoms with Crippen LogP contribution in [0.15, 0.2) is 55.0 Å². The minimum Gasteiger partial charge on any atom is -0.495 e. The molecule has 0 aliphatic carbocycles. The third-order valence-electron chi connectivity index (χ3n) is 6.67. The van der Waals surface area contributed by atoms with Crippen molar-refractivity contribution < 1.29 is 17.9 Å². The standard InChI is InChI=1S/C27H26F3N5O/c1-18-16-34(17-31-18)22-11-9-19(15-23(22)36-3)10-12-24-32-25-26(2,13-6-14-35(25)33-24)20-7-4-5-8-21(20)27(28,29)30/h4-5,7-12,15-17H,6,13-14H2,1-3H3/b12-10+. The number of rotatable bonds is 5. The zero-order valence-corrected chi connectivity index (χ0v) is 20.3. The van der Waals surface area contributed by atoms with Gasteiger partial charge in [0.25, 0.3) is 0 Å². The van der Waals surface area contributed by atoms with Crippen molar-refractivity contribution in [2.45, 2.75) is 44.8 Å². The lowest BCUT2D eigenvalue weighted by Gasteiger charge is -2.35. The first-order chi connectivity index (χ1) is 17.2. The van der Waals surface area contributed by atoms with E-state index in [4.69, 9.17) is 4.74 Å². The molecule has 6 nitrogen and oxygen atoms in total. The highest BCUT2D eigenvalue weighted by Gasteiger charge is 2.43. The lowest BCUT2D eigenvalue weighted by atomic mass is 9.74. The van der Waals surface area contributed by atoms with Gasteiger partial charge in [0.2, 0.25) is 0 Å². The molecule has 1 aliphatic heterocycles. The topological polar surface area (TPSA) is 57.8 Å². The van der Waals surface area contributed by atoms with Gasteiger partial charge in [0.05, 0.1) is 35.8 Å². The summed E-state index contributed by atoms with van der Waals surface area (Å²) in [4.78, 5) is 8.95. The van der Waals surface area contributed by atoms with Gasteiger partial charge in [-0.05, 0) is 62.1 Å². The predicted octanol–water partition coefficient (Wildman–Crippen LogP) is 6.07. The summed E-state index contributed by atoms with van der Waals surface area (Å²) in [5.74, 6) is 1.69. The van der Waals surface area contributed by atoms with Crippen molar-refractivity contribution in [2.24, 2.45) is 0 Å². The third-order valence-corrected chi connectivity index (χ3v) is 6.67. The molecule has 0 saturated heterocycles. The number of benzene rings is 2. The third kappa shape index (κ3) is 4.29. The van der Waals surface area contributed by atoms with Crippen molar-refractivity contribution in [3.8, 4) is 11.4 Å². The summed E-state index contributed by atoms with van der Waals surface area (Å²) in [6.07, 6.45) is 4.14. The van der Waals surface area contributed by atoms with Crippen LogP contribution in [0.25, 0.3) is 17.8 Å². The average molecular weight is 494 g/mol. The summed E-state index contributed by atoms with van der Waals surface area (Å²) in [6.45, 7) is 4.36. The highest BCUT2D eigenvalue weighted by molar-refractivity contribution is 5.69. The van der Waals surface area contributed by atoms with E-state index in [2.05, 4.69) is 15.1 Å². The van der Waals surface area contributed by atoms with Crippen LogP contribution in [0.2, 0.25) is 0 Å². The van der Waals surface area contributed by atoms with Crippen LogP contribution >= 0.6 is 0 Å². The van der Waals surface area contributed by atoms with Crippen molar-refractivity contribution in [2.75, 3.05) is 7.11 Å². The largest absolute Gasteiger partial charge is 0.495 e. The summed E-state index contributed by atoms with van der Waals surface area (Å²) in [7, 11) is 1.61. The molecule has 0 fully saturated rings. The van der Waals surface area contributed by atoms with Gasteiger partial charge in [-0.15, -0.1) is 0 Å². The molecule has 0 amide bonds. The van der Waals surface area contributed by atoms with Crippen LogP contribution < -0.4 is 4.74 Å². The molecule has 0 saturated carbocycles. The van der Waals surface area contributed by atoms with E-state index in [-0.39, 0.29) is 5.56 Å². The summed E-state index contributed by atoms with van der Waals surface area (Å²) in [6, 6.07) is 11.6. The van der Waals surface area contributed by atoms with E-state index in [9.17, 15) is 13.2 Å². The Balaban J connectivity index is 1.47. The van der Waals surface area contributed by atoms with Gasteiger partial charge >= 0.3 is 6.18 Å². The van der Waals surface area contributed by atoms with Gasteiger partial charge in [0.15, 0.2) is 5.82 Å². The molecule has 0 spiro atoms. The summed E-state index contributed by atoms with van der Waals surface area (Å²) in [5.41, 5.74) is 1.37. The number of aromatic nitrogens is 5. The summed E-state index contributed by atoms with van der Waals surface area (Å²) < 4.78 is 50.6. The Kier molecular flexibility index (Phi) is 5.94. The Hall–Kier alpha value is -3.88. The molecule has 0 bridgehead atoms. The Morgan fingerprint density at radius 1 is 1.11 bits per heavy atom. The van der Waals surface area contributed by atoms with Crippen LogP contribution in [0, 0.1) is 6.92 Å². The molecule has 9 heteroatoms. The zero-order chi connectivity index (χ0) is 25.5. The fraction of sp³-hybridized carbons (Fsp3) is 0.296. The second-order valence-electron chi connectivity index (χ2n) is 9.18. The number of ether oxygens (including phenoxy) is 1. The lowest BCUT2D eigenvalue weighted by Crippen LogP contribution is -2.35. The maximum atomic E-state index is 13.8. The van der Waals surface area contributed by atoms with Crippen LogP contribution in [0.3, 0.4) is 0 Å². The van der Waals surface area contributed by atoms with Crippen LogP contribution in [0.4, 0.5) is 13.2 Å². The molecule has 3 heterocycles. The van der Waals surface area contributed by atoms with Crippen LogP contribution in [0.5, 0.6) is 5.75 Å².